The monoisotopic (exact) mass is 401 g/mol. The van der Waals surface area contributed by atoms with Crippen LogP contribution in [0, 0.1) is 0 Å². The van der Waals surface area contributed by atoms with Crippen molar-refractivity contribution in [3.63, 3.8) is 0 Å². The molecule has 1 aliphatic heterocycles. The Morgan fingerprint density at radius 3 is 2.34 bits per heavy atom. The summed E-state index contributed by atoms with van der Waals surface area (Å²) in [5.74, 6) is 2.81. The minimum absolute atomic E-state index is 0.0581. The van der Waals surface area contributed by atoms with Crippen molar-refractivity contribution >= 4 is 11.6 Å². The van der Waals surface area contributed by atoms with Crippen LogP contribution >= 0.6 is 0 Å². The number of carbonyl (C=O) groups is 1. The third-order valence-corrected chi connectivity index (χ3v) is 5.37. The molecule has 156 valence electrons. The standard InChI is InChI=1S/C22H28N2O5/c1-26-15-8-10-20(28-3)17(12-15)19-6-5-11-24(19)14-22(25)23-18-9-7-16(27-2)13-21(18)29-4/h7-10,12-13,19H,5-6,11,14H2,1-4H3,(H,23,25)/p+1/t19-/m1/s1. The minimum Gasteiger partial charge on any atom is -0.497 e. The summed E-state index contributed by atoms with van der Waals surface area (Å²) < 4.78 is 21.5. The van der Waals surface area contributed by atoms with E-state index in [9.17, 15) is 4.79 Å². The van der Waals surface area contributed by atoms with E-state index in [4.69, 9.17) is 18.9 Å². The van der Waals surface area contributed by atoms with E-state index in [-0.39, 0.29) is 11.9 Å². The zero-order valence-corrected chi connectivity index (χ0v) is 17.4. The molecule has 2 atom stereocenters. The average Bonchev–Trinajstić information content (AvgIpc) is 3.21. The van der Waals surface area contributed by atoms with Gasteiger partial charge in [0.2, 0.25) is 0 Å². The molecular formula is C22H29N2O5+. The highest BCUT2D eigenvalue weighted by Gasteiger charge is 2.34. The van der Waals surface area contributed by atoms with Crippen molar-refractivity contribution in [3.8, 4) is 23.0 Å². The first-order valence-corrected chi connectivity index (χ1v) is 9.68. The van der Waals surface area contributed by atoms with Gasteiger partial charge in [-0.05, 0) is 30.3 Å². The van der Waals surface area contributed by atoms with E-state index < -0.39 is 0 Å². The molecule has 1 amide bonds. The highest BCUT2D eigenvalue weighted by molar-refractivity contribution is 5.93. The summed E-state index contributed by atoms with van der Waals surface area (Å²) in [5, 5.41) is 2.97. The second kappa shape index (κ2) is 9.52. The molecule has 7 heteroatoms. The van der Waals surface area contributed by atoms with Gasteiger partial charge >= 0.3 is 0 Å². The Morgan fingerprint density at radius 2 is 1.66 bits per heavy atom. The van der Waals surface area contributed by atoms with Gasteiger partial charge in [0.05, 0.1) is 46.2 Å². The molecule has 0 aromatic heterocycles. The second-order valence-electron chi connectivity index (χ2n) is 7.00. The summed E-state index contributed by atoms with van der Waals surface area (Å²) in [6, 6.07) is 11.3. The van der Waals surface area contributed by atoms with Gasteiger partial charge in [-0.1, -0.05) is 0 Å². The van der Waals surface area contributed by atoms with E-state index in [1.807, 2.05) is 18.2 Å². The average molecular weight is 401 g/mol. The molecule has 7 nitrogen and oxygen atoms in total. The Hall–Kier alpha value is -2.93. The molecule has 1 fully saturated rings. The molecule has 2 aromatic carbocycles. The number of anilines is 1. The van der Waals surface area contributed by atoms with Gasteiger partial charge < -0.3 is 29.2 Å². The van der Waals surface area contributed by atoms with Crippen LogP contribution in [0.3, 0.4) is 0 Å². The predicted molar refractivity (Wildman–Crippen MR) is 110 cm³/mol. The van der Waals surface area contributed by atoms with Gasteiger partial charge in [0.25, 0.3) is 5.91 Å². The fourth-order valence-corrected chi connectivity index (χ4v) is 3.91. The maximum Gasteiger partial charge on any atom is 0.279 e. The maximum absolute atomic E-state index is 12.8. The zero-order valence-electron chi connectivity index (χ0n) is 17.4. The highest BCUT2D eigenvalue weighted by atomic mass is 16.5. The molecule has 1 aliphatic rings. The molecule has 0 bridgehead atoms. The number of methoxy groups -OCH3 is 4. The normalized spacial score (nSPS) is 18.2. The molecule has 1 heterocycles. The molecule has 2 N–H and O–H groups in total. The fourth-order valence-electron chi connectivity index (χ4n) is 3.91. The SMILES string of the molecule is COc1ccc(NC(=O)C[NH+]2CCC[C@@H]2c2cc(OC)ccc2OC)c(OC)c1. The molecule has 1 unspecified atom stereocenters. The summed E-state index contributed by atoms with van der Waals surface area (Å²) in [6.07, 6.45) is 2.05. The lowest BCUT2D eigenvalue weighted by Gasteiger charge is -2.23. The summed E-state index contributed by atoms with van der Waals surface area (Å²) in [4.78, 5) is 14.0. The Balaban J connectivity index is 1.74. The third kappa shape index (κ3) is 4.74. The number of benzene rings is 2. The number of carbonyl (C=O) groups excluding carboxylic acids is 1. The summed E-state index contributed by atoms with van der Waals surface area (Å²) >= 11 is 0. The molecule has 1 saturated heterocycles. The fraction of sp³-hybridized carbons (Fsp3) is 0.409. The van der Waals surface area contributed by atoms with Crippen molar-refractivity contribution in [2.24, 2.45) is 0 Å². The van der Waals surface area contributed by atoms with Gasteiger partial charge in [0.15, 0.2) is 6.54 Å². The van der Waals surface area contributed by atoms with Crippen molar-refractivity contribution in [2.45, 2.75) is 18.9 Å². The first-order chi connectivity index (χ1) is 14.1. The number of quaternary nitrogens is 1. The van der Waals surface area contributed by atoms with E-state index in [0.717, 1.165) is 36.4 Å². The Morgan fingerprint density at radius 1 is 0.966 bits per heavy atom. The van der Waals surface area contributed by atoms with Crippen LogP contribution in [0.1, 0.15) is 24.4 Å². The summed E-state index contributed by atoms with van der Waals surface area (Å²) in [7, 11) is 6.49. The molecule has 0 radical (unpaired) electrons. The van der Waals surface area contributed by atoms with Gasteiger partial charge in [-0.25, -0.2) is 0 Å². The zero-order chi connectivity index (χ0) is 20.8. The van der Waals surface area contributed by atoms with E-state index in [1.54, 1.807) is 46.6 Å². The first-order valence-electron chi connectivity index (χ1n) is 9.68. The largest absolute Gasteiger partial charge is 0.497 e. The molecule has 0 aliphatic carbocycles. The van der Waals surface area contributed by atoms with Gasteiger partial charge in [-0.3, -0.25) is 4.79 Å². The van der Waals surface area contributed by atoms with Gasteiger partial charge in [-0.2, -0.15) is 0 Å². The lowest BCUT2D eigenvalue weighted by Crippen LogP contribution is -3.11. The first kappa shape index (κ1) is 20.8. The summed E-state index contributed by atoms with van der Waals surface area (Å²) in [5.41, 5.74) is 1.71. The highest BCUT2D eigenvalue weighted by Crippen LogP contribution is 2.32. The molecule has 0 spiro atoms. The third-order valence-electron chi connectivity index (χ3n) is 5.37. The lowest BCUT2D eigenvalue weighted by atomic mass is 10.0. The van der Waals surface area contributed by atoms with Crippen LogP contribution in [0.2, 0.25) is 0 Å². The number of amides is 1. The van der Waals surface area contributed by atoms with E-state index in [2.05, 4.69) is 5.32 Å². The number of hydrogen-bond acceptors (Lipinski definition) is 5. The van der Waals surface area contributed by atoms with Crippen LogP contribution < -0.4 is 29.2 Å². The van der Waals surface area contributed by atoms with Crippen molar-refractivity contribution in [1.82, 2.24) is 0 Å². The number of likely N-dealkylation sites (tertiary alicyclic amines) is 1. The van der Waals surface area contributed by atoms with E-state index in [1.165, 1.54) is 4.90 Å². The Bertz CT molecular complexity index is 855. The molecule has 29 heavy (non-hydrogen) atoms. The van der Waals surface area contributed by atoms with Crippen molar-refractivity contribution in [2.75, 3.05) is 46.8 Å². The Labute approximate surface area is 171 Å². The smallest absolute Gasteiger partial charge is 0.279 e. The topological polar surface area (TPSA) is 70.5 Å². The maximum atomic E-state index is 12.8. The van der Waals surface area contributed by atoms with Crippen LogP contribution in [-0.4, -0.2) is 47.4 Å². The van der Waals surface area contributed by atoms with Gasteiger partial charge in [0.1, 0.15) is 29.0 Å². The molecule has 0 saturated carbocycles. The van der Waals surface area contributed by atoms with Crippen molar-refractivity contribution < 1.29 is 28.6 Å². The minimum atomic E-state index is -0.0581. The number of nitrogens with one attached hydrogen (secondary N) is 2. The number of hydrogen-bond donors (Lipinski definition) is 2. The van der Waals surface area contributed by atoms with E-state index >= 15 is 0 Å². The van der Waals surface area contributed by atoms with Crippen LogP contribution in [0.5, 0.6) is 23.0 Å². The molecular weight excluding hydrogens is 372 g/mol. The van der Waals surface area contributed by atoms with E-state index in [0.29, 0.717) is 23.7 Å². The molecule has 2 aromatic rings. The Kier molecular flexibility index (Phi) is 6.82. The summed E-state index contributed by atoms with van der Waals surface area (Å²) in [6.45, 7) is 1.29. The van der Waals surface area contributed by atoms with Crippen molar-refractivity contribution in [3.05, 3.63) is 42.0 Å². The van der Waals surface area contributed by atoms with Gasteiger partial charge in [0, 0.05) is 18.9 Å². The van der Waals surface area contributed by atoms with Crippen molar-refractivity contribution in [1.29, 1.82) is 0 Å². The van der Waals surface area contributed by atoms with Crippen LogP contribution in [0.15, 0.2) is 36.4 Å². The second-order valence-corrected chi connectivity index (χ2v) is 7.00. The number of rotatable bonds is 8. The predicted octanol–water partition coefficient (Wildman–Crippen LogP) is 2.08. The quantitative estimate of drug-likeness (QED) is 0.709. The van der Waals surface area contributed by atoms with Crippen LogP contribution in [-0.2, 0) is 4.79 Å². The van der Waals surface area contributed by atoms with Crippen LogP contribution in [0.25, 0.3) is 0 Å². The number of ether oxygens (including phenoxy) is 4. The molecule has 3 rings (SSSR count). The lowest BCUT2D eigenvalue weighted by molar-refractivity contribution is -0.910. The van der Waals surface area contributed by atoms with Gasteiger partial charge in [-0.15, -0.1) is 0 Å². The van der Waals surface area contributed by atoms with Crippen LogP contribution in [0.4, 0.5) is 5.69 Å².